The fourth-order valence-corrected chi connectivity index (χ4v) is 0.874. The summed E-state index contributed by atoms with van der Waals surface area (Å²) in [7, 11) is -5.87. The van der Waals surface area contributed by atoms with Gasteiger partial charge in [-0.25, -0.2) is 12.8 Å². The summed E-state index contributed by atoms with van der Waals surface area (Å²) in [6, 6.07) is 0. The molecule has 0 rings (SSSR count). The first-order valence-electron chi connectivity index (χ1n) is 2.70. The van der Waals surface area contributed by atoms with Crippen LogP contribution in [0.1, 0.15) is 13.3 Å². The normalized spacial score (nSPS) is 16.5. The summed E-state index contributed by atoms with van der Waals surface area (Å²) in [5, 5.41) is -4.80. The molecule has 0 aromatic heterocycles. The fourth-order valence-electron chi connectivity index (χ4n) is 0.394. The molecule has 68 valence electrons. The summed E-state index contributed by atoms with van der Waals surface area (Å²) in [4.78, 5) is 0. The molecule has 0 aliphatic heterocycles. The third-order valence-electron chi connectivity index (χ3n) is 1.06. The molecule has 1 atom stereocenters. The van der Waals surface area contributed by atoms with Gasteiger partial charge < -0.3 is 4.55 Å². The van der Waals surface area contributed by atoms with Crippen LogP contribution in [-0.2, 0) is 10.1 Å². The van der Waals surface area contributed by atoms with Gasteiger partial charge in [0.25, 0.3) is 0 Å². The molecule has 0 aromatic carbocycles. The second-order valence-electron chi connectivity index (χ2n) is 1.89. The Morgan fingerprint density at radius 3 is 2.00 bits per heavy atom. The molecule has 0 spiro atoms. The minimum absolute atomic E-state index is 0.714. The SMILES string of the molecule is CCC(F)C(F)(F)S(=O)(=O)[O-]. The zero-order chi connectivity index (χ0) is 9.28. The number of alkyl halides is 3. The summed E-state index contributed by atoms with van der Waals surface area (Å²) in [5.41, 5.74) is 0. The number of halogens is 3. The molecule has 0 heterocycles. The van der Waals surface area contributed by atoms with Crippen LogP contribution >= 0.6 is 0 Å². The van der Waals surface area contributed by atoms with Crippen molar-refractivity contribution in [3.05, 3.63) is 0 Å². The monoisotopic (exact) mass is 191 g/mol. The fraction of sp³-hybridized carbons (Fsp3) is 1.00. The van der Waals surface area contributed by atoms with Crippen LogP contribution < -0.4 is 0 Å². The molecule has 0 bridgehead atoms. The Hall–Kier alpha value is -0.300. The van der Waals surface area contributed by atoms with Crippen LogP contribution in [0.3, 0.4) is 0 Å². The van der Waals surface area contributed by atoms with Crippen molar-refractivity contribution >= 4 is 10.1 Å². The van der Waals surface area contributed by atoms with Gasteiger partial charge in [0.05, 0.1) is 0 Å². The highest BCUT2D eigenvalue weighted by atomic mass is 32.2. The van der Waals surface area contributed by atoms with E-state index in [-0.39, 0.29) is 0 Å². The van der Waals surface area contributed by atoms with Crippen molar-refractivity contribution in [2.75, 3.05) is 0 Å². The molecule has 0 aliphatic carbocycles. The van der Waals surface area contributed by atoms with Crippen molar-refractivity contribution in [3.8, 4) is 0 Å². The lowest BCUT2D eigenvalue weighted by atomic mass is 10.3. The van der Waals surface area contributed by atoms with Gasteiger partial charge in [-0.1, -0.05) is 6.92 Å². The van der Waals surface area contributed by atoms with E-state index < -0.39 is 28.0 Å². The smallest absolute Gasteiger partial charge is 0.364 e. The molecule has 7 heteroatoms. The molecule has 0 saturated carbocycles. The number of hydrogen-bond donors (Lipinski definition) is 0. The molecular formula is C4H6F3O3S-. The van der Waals surface area contributed by atoms with Crippen molar-refractivity contribution in [3.63, 3.8) is 0 Å². The van der Waals surface area contributed by atoms with Crippen molar-refractivity contribution in [1.82, 2.24) is 0 Å². The molecule has 0 aromatic rings. The second-order valence-corrected chi connectivity index (χ2v) is 3.34. The van der Waals surface area contributed by atoms with Gasteiger partial charge in [0.2, 0.25) is 0 Å². The average Bonchev–Trinajstić information content (AvgIpc) is 1.83. The topological polar surface area (TPSA) is 57.2 Å². The molecule has 0 saturated heterocycles. The first-order chi connectivity index (χ1) is 4.73. The predicted molar refractivity (Wildman–Crippen MR) is 29.8 cm³/mol. The highest BCUT2D eigenvalue weighted by Crippen LogP contribution is 2.28. The summed E-state index contributed by atoms with van der Waals surface area (Å²) >= 11 is 0. The van der Waals surface area contributed by atoms with Crippen LogP contribution in [0.4, 0.5) is 13.2 Å². The average molecular weight is 191 g/mol. The summed E-state index contributed by atoms with van der Waals surface area (Å²) in [6.45, 7) is 1.02. The molecule has 0 radical (unpaired) electrons. The summed E-state index contributed by atoms with van der Waals surface area (Å²) < 4.78 is 65.3. The van der Waals surface area contributed by atoms with Gasteiger partial charge in [0.15, 0.2) is 16.3 Å². The van der Waals surface area contributed by atoms with Gasteiger partial charge in [-0.05, 0) is 6.42 Å². The minimum Gasteiger partial charge on any atom is -0.743 e. The molecule has 0 aliphatic rings. The lowest BCUT2D eigenvalue weighted by Crippen LogP contribution is -2.38. The lowest BCUT2D eigenvalue weighted by Gasteiger charge is -2.22. The Morgan fingerprint density at radius 1 is 1.55 bits per heavy atom. The van der Waals surface area contributed by atoms with Crippen LogP contribution in [0.5, 0.6) is 0 Å². The highest BCUT2D eigenvalue weighted by Gasteiger charge is 2.46. The van der Waals surface area contributed by atoms with E-state index in [0.717, 1.165) is 6.92 Å². The Morgan fingerprint density at radius 2 is 1.91 bits per heavy atom. The molecule has 1 unspecified atom stereocenters. The maximum atomic E-state index is 12.1. The van der Waals surface area contributed by atoms with E-state index in [4.69, 9.17) is 0 Å². The van der Waals surface area contributed by atoms with Crippen molar-refractivity contribution in [1.29, 1.82) is 0 Å². The number of rotatable bonds is 3. The Balaban J connectivity index is 4.74. The second kappa shape index (κ2) is 2.98. The van der Waals surface area contributed by atoms with Crippen LogP contribution in [0, 0.1) is 0 Å². The predicted octanol–water partition coefficient (Wildman–Crippen LogP) is 0.873. The molecule has 0 N–H and O–H groups in total. The maximum Gasteiger partial charge on any atom is 0.364 e. The van der Waals surface area contributed by atoms with Gasteiger partial charge in [0, 0.05) is 0 Å². The van der Waals surface area contributed by atoms with Crippen LogP contribution in [0.15, 0.2) is 0 Å². The van der Waals surface area contributed by atoms with Crippen molar-refractivity contribution in [2.45, 2.75) is 24.8 Å². The molecule has 0 amide bonds. The van der Waals surface area contributed by atoms with E-state index in [1.807, 2.05) is 0 Å². The first kappa shape index (κ1) is 10.7. The Kier molecular flexibility index (Phi) is 2.90. The van der Waals surface area contributed by atoms with Gasteiger partial charge in [-0.3, -0.25) is 0 Å². The van der Waals surface area contributed by atoms with Gasteiger partial charge in [-0.15, -0.1) is 0 Å². The zero-order valence-electron chi connectivity index (χ0n) is 5.55. The highest BCUT2D eigenvalue weighted by molar-refractivity contribution is 7.86. The van der Waals surface area contributed by atoms with Crippen LogP contribution in [0.2, 0.25) is 0 Å². The minimum atomic E-state index is -5.87. The van der Waals surface area contributed by atoms with Gasteiger partial charge in [0.1, 0.15) is 0 Å². The standard InChI is InChI=1S/C4H7F3O3S/c1-2-3(5)4(6,7)11(8,9)10/h3H,2H2,1H3,(H,8,9,10)/p-1. The van der Waals surface area contributed by atoms with E-state index in [1.54, 1.807) is 0 Å². The van der Waals surface area contributed by atoms with Crippen LogP contribution in [-0.4, -0.2) is 24.4 Å². The Bertz CT molecular complexity index is 223. The quantitative estimate of drug-likeness (QED) is 0.622. The van der Waals surface area contributed by atoms with E-state index >= 15 is 0 Å². The third-order valence-corrected chi connectivity index (χ3v) is 1.98. The van der Waals surface area contributed by atoms with E-state index in [0.29, 0.717) is 0 Å². The maximum absolute atomic E-state index is 12.1. The van der Waals surface area contributed by atoms with Crippen molar-refractivity contribution in [2.24, 2.45) is 0 Å². The molecule has 0 fully saturated rings. The van der Waals surface area contributed by atoms with Crippen molar-refractivity contribution < 1.29 is 26.1 Å². The molecular weight excluding hydrogens is 185 g/mol. The zero-order valence-corrected chi connectivity index (χ0v) is 6.37. The molecule has 3 nitrogen and oxygen atoms in total. The third kappa shape index (κ3) is 2.06. The number of hydrogen-bond acceptors (Lipinski definition) is 3. The lowest BCUT2D eigenvalue weighted by molar-refractivity contribution is -0.00466. The van der Waals surface area contributed by atoms with E-state index in [1.165, 1.54) is 0 Å². The Labute approximate surface area is 62.0 Å². The van der Waals surface area contributed by atoms with Gasteiger partial charge >= 0.3 is 5.25 Å². The largest absolute Gasteiger partial charge is 0.743 e. The van der Waals surface area contributed by atoms with E-state index in [9.17, 15) is 26.1 Å². The first-order valence-corrected chi connectivity index (χ1v) is 4.11. The van der Waals surface area contributed by atoms with Crippen LogP contribution in [0.25, 0.3) is 0 Å². The summed E-state index contributed by atoms with van der Waals surface area (Å²) in [5.74, 6) is 0. The van der Waals surface area contributed by atoms with E-state index in [2.05, 4.69) is 0 Å². The van der Waals surface area contributed by atoms with Gasteiger partial charge in [-0.2, -0.15) is 8.78 Å². The molecule has 11 heavy (non-hydrogen) atoms. The summed E-state index contributed by atoms with van der Waals surface area (Å²) in [6.07, 6.45) is -3.64.